The van der Waals surface area contributed by atoms with Gasteiger partial charge in [0.2, 0.25) is 5.95 Å². The van der Waals surface area contributed by atoms with Gasteiger partial charge in [0.05, 0.1) is 18.2 Å². The first-order valence-corrected chi connectivity index (χ1v) is 8.37. The number of rotatable bonds is 6. The lowest BCUT2D eigenvalue weighted by molar-refractivity contribution is -0.274. The second-order valence-electron chi connectivity index (χ2n) is 5.91. The van der Waals surface area contributed by atoms with Gasteiger partial charge in [-0.25, -0.2) is 0 Å². The van der Waals surface area contributed by atoms with Crippen molar-refractivity contribution in [3.05, 3.63) is 54.1 Å². The molecule has 0 unspecified atom stereocenters. The van der Waals surface area contributed by atoms with E-state index in [1.807, 2.05) is 37.3 Å². The summed E-state index contributed by atoms with van der Waals surface area (Å²) < 4.78 is 42.4. The number of aromatic nitrogens is 3. The molecular weight excluding hydrogens is 371 g/mol. The monoisotopic (exact) mass is 387 g/mol. The highest BCUT2D eigenvalue weighted by atomic mass is 19.4. The highest BCUT2D eigenvalue weighted by Gasteiger charge is 2.31. The number of nitriles is 1. The summed E-state index contributed by atoms with van der Waals surface area (Å²) in [5.41, 5.74) is 2.39. The minimum atomic E-state index is -4.75. The Morgan fingerprint density at radius 1 is 1.11 bits per heavy atom. The Balaban J connectivity index is 1.93. The molecule has 0 spiro atoms. The molecule has 1 aromatic heterocycles. The molecule has 2 aromatic carbocycles. The van der Waals surface area contributed by atoms with Crippen LogP contribution in [0.1, 0.15) is 12.0 Å². The SMILES string of the molecule is Cc1ccc(-c2nc(NCCC#N)n(-c3ccc(OC(F)(F)F)cc3)n2)cc1. The van der Waals surface area contributed by atoms with E-state index in [4.69, 9.17) is 5.26 Å². The lowest BCUT2D eigenvalue weighted by Gasteiger charge is -2.10. The Labute approximate surface area is 159 Å². The highest BCUT2D eigenvalue weighted by Crippen LogP contribution is 2.26. The van der Waals surface area contributed by atoms with Gasteiger partial charge in [0, 0.05) is 12.1 Å². The van der Waals surface area contributed by atoms with Crippen LogP contribution in [0, 0.1) is 18.3 Å². The number of hydrogen-bond donors (Lipinski definition) is 1. The van der Waals surface area contributed by atoms with Gasteiger partial charge in [-0.2, -0.15) is 14.9 Å². The van der Waals surface area contributed by atoms with Gasteiger partial charge in [-0.1, -0.05) is 29.8 Å². The molecule has 0 aliphatic heterocycles. The van der Waals surface area contributed by atoms with Gasteiger partial charge < -0.3 is 10.1 Å². The van der Waals surface area contributed by atoms with E-state index in [1.165, 1.54) is 28.9 Å². The maximum Gasteiger partial charge on any atom is 0.573 e. The molecule has 144 valence electrons. The van der Waals surface area contributed by atoms with Gasteiger partial charge in [0.15, 0.2) is 5.82 Å². The van der Waals surface area contributed by atoms with Crippen molar-refractivity contribution in [2.75, 3.05) is 11.9 Å². The predicted octanol–water partition coefficient (Wildman–Crippen LogP) is 4.47. The topological polar surface area (TPSA) is 75.8 Å². The Hall–Kier alpha value is -3.54. The molecule has 9 heteroatoms. The molecule has 1 heterocycles. The van der Waals surface area contributed by atoms with Gasteiger partial charge in [0.1, 0.15) is 5.75 Å². The zero-order chi connectivity index (χ0) is 20.1. The fourth-order valence-corrected chi connectivity index (χ4v) is 2.45. The largest absolute Gasteiger partial charge is 0.573 e. The van der Waals surface area contributed by atoms with Crippen LogP contribution in [0.25, 0.3) is 17.1 Å². The van der Waals surface area contributed by atoms with E-state index in [9.17, 15) is 13.2 Å². The summed E-state index contributed by atoms with van der Waals surface area (Å²) in [5.74, 6) is 0.513. The summed E-state index contributed by atoms with van der Waals surface area (Å²) >= 11 is 0. The average Bonchev–Trinajstić information content (AvgIpc) is 3.06. The molecule has 0 saturated carbocycles. The number of nitrogens with one attached hydrogen (secondary N) is 1. The van der Waals surface area contributed by atoms with Gasteiger partial charge in [0.25, 0.3) is 0 Å². The molecule has 0 radical (unpaired) electrons. The Kier molecular flexibility index (Phi) is 5.49. The molecule has 0 amide bonds. The zero-order valence-corrected chi connectivity index (χ0v) is 14.9. The molecule has 0 bridgehead atoms. The highest BCUT2D eigenvalue weighted by molar-refractivity contribution is 5.58. The third-order valence-corrected chi connectivity index (χ3v) is 3.75. The van der Waals surface area contributed by atoms with Gasteiger partial charge in [-0.3, -0.25) is 0 Å². The Bertz CT molecular complexity index is 973. The molecule has 1 N–H and O–H groups in total. The zero-order valence-electron chi connectivity index (χ0n) is 14.9. The molecule has 28 heavy (non-hydrogen) atoms. The van der Waals surface area contributed by atoms with Crippen LogP contribution in [0.4, 0.5) is 19.1 Å². The lowest BCUT2D eigenvalue weighted by atomic mass is 10.1. The number of benzene rings is 2. The van der Waals surface area contributed by atoms with Crippen molar-refractivity contribution in [1.82, 2.24) is 14.8 Å². The maximum atomic E-state index is 12.3. The minimum Gasteiger partial charge on any atom is -0.406 e. The number of alkyl halides is 3. The summed E-state index contributed by atoms with van der Waals surface area (Å²) in [5, 5.41) is 16.2. The molecule has 3 rings (SSSR count). The first-order chi connectivity index (χ1) is 13.4. The van der Waals surface area contributed by atoms with Crippen molar-refractivity contribution in [3.8, 4) is 28.9 Å². The van der Waals surface area contributed by atoms with E-state index in [1.54, 1.807) is 0 Å². The molecule has 0 fully saturated rings. The third-order valence-electron chi connectivity index (χ3n) is 3.75. The van der Waals surface area contributed by atoms with Crippen LogP contribution >= 0.6 is 0 Å². The molecule has 0 saturated heterocycles. The number of aryl methyl sites for hydroxylation is 1. The number of nitrogens with zero attached hydrogens (tertiary/aromatic N) is 4. The van der Waals surface area contributed by atoms with Gasteiger partial charge in [-0.05, 0) is 31.2 Å². The van der Waals surface area contributed by atoms with Crippen LogP contribution in [0.15, 0.2) is 48.5 Å². The minimum absolute atomic E-state index is 0.269. The van der Waals surface area contributed by atoms with Crippen molar-refractivity contribution in [2.24, 2.45) is 0 Å². The van der Waals surface area contributed by atoms with E-state index >= 15 is 0 Å². The third kappa shape index (κ3) is 4.79. The first kappa shape index (κ1) is 19.2. The van der Waals surface area contributed by atoms with E-state index < -0.39 is 6.36 Å². The van der Waals surface area contributed by atoms with Crippen LogP contribution in [0.3, 0.4) is 0 Å². The van der Waals surface area contributed by atoms with Crippen LogP contribution in [0.2, 0.25) is 0 Å². The lowest BCUT2D eigenvalue weighted by Crippen LogP contribution is -2.17. The molecule has 0 aliphatic rings. The normalized spacial score (nSPS) is 11.1. The number of halogens is 3. The number of ether oxygens (including phenoxy) is 1. The average molecular weight is 387 g/mol. The van der Waals surface area contributed by atoms with E-state index in [2.05, 4.69) is 20.1 Å². The molecular formula is C19H16F3N5O. The second kappa shape index (κ2) is 8.00. The van der Waals surface area contributed by atoms with Gasteiger partial charge >= 0.3 is 6.36 Å². The fraction of sp³-hybridized carbons (Fsp3) is 0.211. The summed E-state index contributed by atoms with van der Waals surface area (Å²) in [6, 6.07) is 15.0. The van der Waals surface area contributed by atoms with Crippen molar-refractivity contribution < 1.29 is 17.9 Å². The summed E-state index contributed by atoms with van der Waals surface area (Å²) in [7, 11) is 0. The molecule has 6 nitrogen and oxygen atoms in total. The summed E-state index contributed by atoms with van der Waals surface area (Å²) in [6.45, 7) is 2.33. The quantitative estimate of drug-likeness (QED) is 0.632. The van der Waals surface area contributed by atoms with E-state index in [0.29, 0.717) is 24.0 Å². The Morgan fingerprint density at radius 3 is 2.39 bits per heavy atom. The smallest absolute Gasteiger partial charge is 0.406 e. The van der Waals surface area contributed by atoms with Crippen LogP contribution in [0.5, 0.6) is 5.75 Å². The second-order valence-corrected chi connectivity index (χ2v) is 5.91. The van der Waals surface area contributed by atoms with Crippen molar-refractivity contribution in [2.45, 2.75) is 19.7 Å². The van der Waals surface area contributed by atoms with Crippen LogP contribution < -0.4 is 10.1 Å². The molecule has 3 aromatic rings. The van der Waals surface area contributed by atoms with E-state index in [0.717, 1.165) is 11.1 Å². The van der Waals surface area contributed by atoms with Crippen LogP contribution in [-0.4, -0.2) is 27.7 Å². The molecule has 0 atom stereocenters. The predicted molar refractivity (Wildman–Crippen MR) is 96.9 cm³/mol. The van der Waals surface area contributed by atoms with Crippen molar-refractivity contribution in [3.63, 3.8) is 0 Å². The van der Waals surface area contributed by atoms with Crippen molar-refractivity contribution >= 4 is 5.95 Å². The fourth-order valence-electron chi connectivity index (χ4n) is 2.45. The number of anilines is 1. The Morgan fingerprint density at radius 2 is 1.79 bits per heavy atom. The van der Waals surface area contributed by atoms with Crippen molar-refractivity contribution in [1.29, 1.82) is 5.26 Å². The number of hydrogen-bond acceptors (Lipinski definition) is 5. The summed E-state index contributed by atoms with van der Waals surface area (Å²) in [6.07, 6.45) is -4.48. The molecule has 0 aliphatic carbocycles. The first-order valence-electron chi connectivity index (χ1n) is 8.37. The van der Waals surface area contributed by atoms with Crippen LogP contribution in [-0.2, 0) is 0 Å². The maximum absolute atomic E-state index is 12.3. The van der Waals surface area contributed by atoms with Gasteiger partial charge in [-0.15, -0.1) is 18.3 Å². The van der Waals surface area contributed by atoms with E-state index in [-0.39, 0.29) is 12.2 Å². The standard InChI is InChI=1S/C19H16F3N5O/c1-13-3-5-14(6-4-13)17-25-18(24-12-2-11-23)27(26-17)15-7-9-16(10-8-15)28-19(20,21)22/h3-10H,2,12H2,1H3,(H,24,25,26). The summed E-state index contributed by atoms with van der Waals surface area (Å²) in [4.78, 5) is 4.46.